The number of rotatable bonds is 6. The molecule has 3 nitrogen and oxygen atoms in total. The van der Waals surface area contributed by atoms with E-state index in [0.717, 1.165) is 54.0 Å². The standard InChI is InChI=1S/C15H26N2OS/c1-4-11(5-2)10-17(6-3)15-16-12-8-7-9-13(18)14(12)19-15/h11,13,18H,4-10H2,1-3H3. The molecule has 1 aromatic heterocycles. The highest BCUT2D eigenvalue weighted by molar-refractivity contribution is 7.15. The molecule has 0 aromatic carbocycles. The number of anilines is 1. The summed E-state index contributed by atoms with van der Waals surface area (Å²) in [4.78, 5) is 8.28. The normalized spacial score (nSPS) is 18.7. The lowest BCUT2D eigenvalue weighted by Crippen LogP contribution is -2.28. The van der Waals surface area contributed by atoms with Gasteiger partial charge in [-0.2, -0.15) is 0 Å². The maximum atomic E-state index is 10.1. The number of thiazole rings is 1. The molecular formula is C15H26N2OS. The predicted octanol–water partition coefficient (Wildman–Crippen LogP) is 3.78. The Labute approximate surface area is 120 Å². The van der Waals surface area contributed by atoms with Gasteiger partial charge in [-0.05, 0) is 32.1 Å². The van der Waals surface area contributed by atoms with Crippen molar-refractivity contribution in [2.45, 2.75) is 59.0 Å². The second kappa shape index (κ2) is 6.71. The summed E-state index contributed by atoms with van der Waals surface area (Å²) in [7, 11) is 0. The van der Waals surface area contributed by atoms with Gasteiger partial charge in [0, 0.05) is 13.1 Å². The number of hydrogen-bond donors (Lipinski definition) is 1. The lowest BCUT2D eigenvalue weighted by molar-refractivity contribution is 0.160. The number of aromatic nitrogens is 1. The van der Waals surface area contributed by atoms with Crippen molar-refractivity contribution in [1.29, 1.82) is 0 Å². The topological polar surface area (TPSA) is 36.4 Å². The van der Waals surface area contributed by atoms with Crippen LogP contribution in [0.3, 0.4) is 0 Å². The molecule has 0 spiro atoms. The summed E-state index contributed by atoms with van der Waals surface area (Å²) < 4.78 is 0. The Kier molecular flexibility index (Phi) is 5.22. The van der Waals surface area contributed by atoms with E-state index in [1.54, 1.807) is 11.3 Å². The van der Waals surface area contributed by atoms with Crippen LogP contribution in [0.5, 0.6) is 0 Å². The molecule has 108 valence electrons. The smallest absolute Gasteiger partial charge is 0.185 e. The van der Waals surface area contributed by atoms with Gasteiger partial charge in [-0.15, -0.1) is 0 Å². The molecule has 0 amide bonds. The molecule has 1 aliphatic rings. The third-order valence-corrected chi connectivity index (χ3v) is 5.46. The van der Waals surface area contributed by atoms with Gasteiger partial charge >= 0.3 is 0 Å². The van der Waals surface area contributed by atoms with Crippen LogP contribution in [0.1, 0.15) is 63.1 Å². The molecule has 1 aromatic rings. The number of aryl methyl sites for hydroxylation is 1. The average molecular weight is 282 g/mol. The van der Waals surface area contributed by atoms with E-state index in [-0.39, 0.29) is 6.10 Å². The van der Waals surface area contributed by atoms with E-state index < -0.39 is 0 Å². The summed E-state index contributed by atoms with van der Waals surface area (Å²) in [6, 6.07) is 0. The molecule has 1 atom stereocenters. The minimum Gasteiger partial charge on any atom is -0.388 e. The van der Waals surface area contributed by atoms with Crippen LogP contribution < -0.4 is 4.90 Å². The van der Waals surface area contributed by atoms with E-state index in [0.29, 0.717) is 0 Å². The maximum absolute atomic E-state index is 10.1. The quantitative estimate of drug-likeness (QED) is 0.862. The highest BCUT2D eigenvalue weighted by Gasteiger charge is 2.24. The Morgan fingerprint density at radius 2 is 2.11 bits per heavy atom. The number of nitrogens with zero attached hydrogens (tertiary/aromatic N) is 2. The third-order valence-electron chi connectivity index (χ3n) is 4.20. The Balaban J connectivity index is 2.15. The van der Waals surface area contributed by atoms with Gasteiger partial charge in [0.15, 0.2) is 5.13 Å². The fourth-order valence-corrected chi connectivity index (χ4v) is 3.92. The first-order valence-electron chi connectivity index (χ1n) is 7.62. The van der Waals surface area contributed by atoms with Crippen LogP contribution in [-0.4, -0.2) is 23.2 Å². The summed E-state index contributed by atoms with van der Waals surface area (Å²) >= 11 is 1.70. The number of aliphatic hydroxyl groups excluding tert-OH is 1. The molecule has 1 heterocycles. The van der Waals surface area contributed by atoms with Crippen LogP contribution in [0, 0.1) is 5.92 Å². The molecule has 0 saturated heterocycles. The molecule has 0 aliphatic heterocycles. The van der Waals surface area contributed by atoms with E-state index >= 15 is 0 Å². The van der Waals surface area contributed by atoms with Crippen LogP contribution in [0.4, 0.5) is 5.13 Å². The second-order valence-corrected chi connectivity index (χ2v) is 6.45. The van der Waals surface area contributed by atoms with Gasteiger partial charge in [-0.1, -0.05) is 38.0 Å². The van der Waals surface area contributed by atoms with E-state index in [4.69, 9.17) is 4.98 Å². The zero-order valence-corrected chi connectivity index (χ0v) is 13.2. The summed E-state index contributed by atoms with van der Waals surface area (Å²) in [5.41, 5.74) is 1.14. The molecule has 0 saturated carbocycles. The molecule has 4 heteroatoms. The molecular weight excluding hydrogens is 256 g/mol. The Morgan fingerprint density at radius 1 is 1.37 bits per heavy atom. The Hall–Kier alpha value is -0.610. The van der Waals surface area contributed by atoms with Crippen molar-refractivity contribution in [2.75, 3.05) is 18.0 Å². The first-order chi connectivity index (χ1) is 9.19. The summed E-state index contributed by atoms with van der Waals surface area (Å²) in [6.45, 7) is 8.81. The van der Waals surface area contributed by atoms with Crippen molar-refractivity contribution < 1.29 is 5.11 Å². The van der Waals surface area contributed by atoms with Crippen LogP contribution in [-0.2, 0) is 6.42 Å². The van der Waals surface area contributed by atoms with Crippen molar-refractivity contribution in [3.05, 3.63) is 10.6 Å². The SMILES string of the molecule is CCC(CC)CN(CC)c1nc2c(s1)C(O)CCC2. The van der Waals surface area contributed by atoms with Crippen molar-refractivity contribution in [1.82, 2.24) is 4.98 Å². The van der Waals surface area contributed by atoms with E-state index in [1.807, 2.05) is 0 Å². The highest BCUT2D eigenvalue weighted by Crippen LogP contribution is 2.37. The van der Waals surface area contributed by atoms with Crippen LogP contribution in [0.25, 0.3) is 0 Å². The molecule has 1 N–H and O–H groups in total. The molecule has 1 unspecified atom stereocenters. The predicted molar refractivity (Wildman–Crippen MR) is 82.0 cm³/mol. The first kappa shape index (κ1) is 14.8. The van der Waals surface area contributed by atoms with Crippen LogP contribution >= 0.6 is 11.3 Å². The minimum absolute atomic E-state index is 0.276. The summed E-state index contributed by atoms with van der Waals surface area (Å²) in [6.07, 6.45) is 5.16. The molecule has 0 fully saturated rings. The van der Waals surface area contributed by atoms with Gasteiger partial charge in [-0.25, -0.2) is 4.98 Å². The van der Waals surface area contributed by atoms with Gasteiger partial charge in [0.1, 0.15) is 0 Å². The fraction of sp³-hybridized carbons (Fsp3) is 0.800. The fourth-order valence-electron chi connectivity index (χ4n) is 2.72. The van der Waals surface area contributed by atoms with Gasteiger partial charge in [0.2, 0.25) is 0 Å². The molecule has 0 radical (unpaired) electrons. The van der Waals surface area contributed by atoms with E-state index in [1.165, 1.54) is 12.8 Å². The summed E-state index contributed by atoms with van der Waals surface area (Å²) in [5, 5.41) is 11.2. The van der Waals surface area contributed by atoms with Gasteiger partial charge in [-0.3, -0.25) is 0 Å². The Morgan fingerprint density at radius 3 is 2.68 bits per heavy atom. The third kappa shape index (κ3) is 3.29. The zero-order chi connectivity index (χ0) is 13.8. The number of hydrogen-bond acceptors (Lipinski definition) is 4. The zero-order valence-electron chi connectivity index (χ0n) is 12.4. The van der Waals surface area contributed by atoms with Crippen molar-refractivity contribution in [3.63, 3.8) is 0 Å². The molecule has 1 aliphatic carbocycles. The van der Waals surface area contributed by atoms with Gasteiger partial charge < -0.3 is 10.0 Å². The maximum Gasteiger partial charge on any atom is 0.185 e. The molecule has 19 heavy (non-hydrogen) atoms. The summed E-state index contributed by atoms with van der Waals surface area (Å²) in [5.74, 6) is 0.741. The lowest BCUT2D eigenvalue weighted by atomic mass is 10.0. The van der Waals surface area contributed by atoms with Gasteiger partial charge in [0.25, 0.3) is 0 Å². The van der Waals surface area contributed by atoms with Crippen LogP contribution in [0.15, 0.2) is 0 Å². The monoisotopic (exact) mass is 282 g/mol. The highest BCUT2D eigenvalue weighted by atomic mass is 32.1. The van der Waals surface area contributed by atoms with Crippen molar-refractivity contribution in [2.24, 2.45) is 5.92 Å². The first-order valence-corrected chi connectivity index (χ1v) is 8.43. The number of aliphatic hydroxyl groups is 1. The largest absolute Gasteiger partial charge is 0.388 e. The van der Waals surface area contributed by atoms with Crippen molar-refractivity contribution >= 4 is 16.5 Å². The van der Waals surface area contributed by atoms with E-state index in [9.17, 15) is 5.11 Å². The molecule has 2 rings (SSSR count). The molecule has 0 bridgehead atoms. The van der Waals surface area contributed by atoms with E-state index in [2.05, 4.69) is 25.7 Å². The minimum atomic E-state index is -0.276. The Bertz CT molecular complexity index is 401. The average Bonchev–Trinajstić information content (AvgIpc) is 2.85. The van der Waals surface area contributed by atoms with Crippen LogP contribution in [0.2, 0.25) is 0 Å². The number of fused-ring (bicyclic) bond motifs is 1. The van der Waals surface area contributed by atoms with Crippen molar-refractivity contribution in [3.8, 4) is 0 Å². The lowest BCUT2D eigenvalue weighted by Gasteiger charge is -2.24. The second-order valence-electron chi connectivity index (χ2n) is 5.44. The van der Waals surface area contributed by atoms with Gasteiger partial charge in [0.05, 0.1) is 16.7 Å².